The predicted molar refractivity (Wildman–Crippen MR) is 55.3 cm³/mol. The third-order valence-corrected chi connectivity index (χ3v) is 1.86. The Morgan fingerprint density at radius 1 is 1.62 bits per heavy atom. The van der Waals surface area contributed by atoms with Gasteiger partial charge in [0.1, 0.15) is 5.75 Å². The van der Waals surface area contributed by atoms with Crippen molar-refractivity contribution in [2.24, 2.45) is 0 Å². The molecule has 2 nitrogen and oxygen atoms in total. The van der Waals surface area contributed by atoms with Crippen molar-refractivity contribution in [1.82, 2.24) is 0 Å². The van der Waals surface area contributed by atoms with Crippen LogP contribution in [0.5, 0.6) is 5.75 Å². The van der Waals surface area contributed by atoms with E-state index in [4.69, 9.17) is 22.8 Å². The number of nitrogens with one attached hydrogen (secondary N) is 1. The summed E-state index contributed by atoms with van der Waals surface area (Å²) in [4.78, 5) is 0. The SMILES string of the molecule is C#CCNc1ccc(Cl)c(OC)c1. The number of hydrogen-bond donors (Lipinski definition) is 1. The van der Waals surface area contributed by atoms with Gasteiger partial charge in [0, 0.05) is 11.8 Å². The van der Waals surface area contributed by atoms with Crippen LogP contribution in [-0.2, 0) is 0 Å². The molecule has 0 spiro atoms. The normalized spacial score (nSPS) is 9.00. The molecule has 0 heterocycles. The third-order valence-electron chi connectivity index (χ3n) is 1.55. The largest absolute Gasteiger partial charge is 0.495 e. The Morgan fingerprint density at radius 2 is 2.38 bits per heavy atom. The number of anilines is 1. The minimum atomic E-state index is 0.491. The highest BCUT2D eigenvalue weighted by molar-refractivity contribution is 6.32. The summed E-state index contributed by atoms with van der Waals surface area (Å²) in [6.07, 6.45) is 5.11. The molecule has 0 saturated carbocycles. The minimum Gasteiger partial charge on any atom is -0.495 e. The molecule has 0 fully saturated rings. The maximum Gasteiger partial charge on any atom is 0.139 e. The van der Waals surface area contributed by atoms with Crippen molar-refractivity contribution in [2.45, 2.75) is 0 Å². The smallest absolute Gasteiger partial charge is 0.139 e. The Labute approximate surface area is 82.9 Å². The fraction of sp³-hybridized carbons (Fsp3) is 0.200. The van der Waals surface area contributed by atoms with Crippen LogP contribution in [0, 0.1) is 12.3 Å². The van der Waals surface area contributed by atoms with E-state index >= 15 is 0 Å². The van der Waals surface area contributed by atoms with Crippen molar-refractivity contribution < 1.29 is 4.74 Å². The molecule has 1 aromatic carbocycles. The van der Waals surface area contributed by atoms with Crippen LogP contribution in [-0.4, -0.2) is 13.7 Å². The third kappa shape index (κ3) is 2.57. The van der Waals surface area contributed by atoms with Crippen molar-refractivity contribution in [3.05, 3.63) is 23.2 Å². The summed E-state index contributed by atoms with van der Waals surface area (Å²) in [5.41, 5.74) is 0.902. The second-order valence-electron chi connectivity index (χ2n) is 2.41. The first-order valence-corrected chi connectivity index (χ1v) is 4.16. The average Bonchev–Trinajstić information content (AvgIpc) is 2.16. The van der Waals surface area contributed by atoms with E-state index in [9.17, 15) is 0 Å². The standard InChI is InChI=1S/C10H10ClNO/c1-3-6-12-8-4-5-9(11)10(7-8)13-2/h1,4-5,7,12H,6H2,2H3. The van der Waals surface area contributed by atoms with Crippen molar-refractivity contribution >= 4 is 17.3 Å². The van der Waals surface area contributed by atoms with Gasteiger partial charge in [0.15, 0.2) is 0 Å². The average molecular weight is 196 g/mol. The van der Waals surface area contributed by atoms with Gasteiger partial charge < -0.3 is 10.1 Å². The van der Waals surface area contributed by atoms with Gasteiger partial charge in [0.25, 0.3) is 0 Å². The zero-order valence-corrected chi connectivity index (χ0v) is 8.06. The molecule has 0 aromatic heterocycles. The number of hydrogen-bond acceptors (Lipinski definition) is 2. The van der Waals surface area contributed by atoms with Gasteiger partial charge in [0.05, 0.1) is 18.7 Å². The lowest BCUT2D eigenvalue weighted by molar-refractivity contribution is 0.415. The Balaban J connectivity index is 2.81. The van der Waals surface area contributed by atoms with E-state index in [0.29, 0.717) is 17.3 Å². The molecule has 68 valence electrons. The summed E-state index contributed by atoms with van der Waals surface area (Å²) in [5, 5.41) is 3.61. The van der Waals surface area contributed by atoms with Crippen molar-refractivity contribution in [1.29, 1.82) is 0 Å². The Kier molecular flexibility index (Phi) is 3.48. The van der Waals surface area contributed by atoms with Crippen LogP contribution in [0.25, 0.3) is 0 Å². The minimum absolute atomic E-state index is 0.491. The van der Waals surface area contributed by atoms with E-state index in [2.05, 4.69) is 11.2 Å². The highest BCUT2D eigenvalue weighted by Crippen LogP contribution is 2.27. The van der Waals surface area contributed by atoms with Crippen LogP contribution in [0.1, 0.15) is 0 Å². The molecule has 0 aliphatic heterocycles. The lowest BCUT2D eigenvalue weighted by Gasteiger charge is -2.06. The first-order valence-electron chi connectivity index (χ1n) is 3.79. The predicted octanol–water partition coefficient (Wildman–Crippen LogP) is 2.39. The maximum absolute atomic E-state index is 5.84. The lowest BCUT2D eigenvalue weighted by atomic mass is 10.3. The molecule has 1 aromatic rings. The van der Waals surface area contributed by atoms with Gasteiger partial charge in [0.2, 0.25) is 0 Å². The van der Waals surface area contributed by atoms with Gasteiger partial charge in [-0.25, -0.2) is 0 Å². The molecule has 0 bridgehead atoms. The van der Waals surface area contributed by atoms with E-state index in [0.717, 1.165) is 5.69 Å². The summed E-state index contributed by atoms with van der Waals surface area (Å²) in [6.45, 7) is 0.491. The fourth-order valence-corrected chi connectivity index (χ4v) is 1.12. The molecule has 0 aliphatic rings. The molecule has 0 atom stereocenters. The van der Waals surface area contributed by atoms with Crippen LogP contribution < -0.4 is 10.1 Å². The quantitative estimate of drug-likeness (QED) is 0.748. The Morgan fingerprint density at radius 3 is 3.00 bits per heavy atom. The second kappa shape index (κ2) is 4.64. The second-order valence-corrected chi connectivity index (χ2v) is 2.81. The van der Waals surface area contributed by atoms with E-state index in [1.807, 2.05) is 6.07 Å². The number of ether oxygens (including phenoxy) is 1. The lowest BCUT2D eigenvalue weighted by Crippen LogP contribution is -1.98. The number of rotatable bonds is 3. The van der Waals surface area contributed by atoms with Crippen LogP contribution >= 0.6 is 11.6 Å². The van der Waals surface area contributed by atoms with Gasteiger partial charge in [-0.15, -0.1) is 6.42 Å². The van der Waals surface area contributed by atoms with Crippen molar-refractivity contribution in [2.75, 3.05) is 19.0 Å². The summed E-state index contributed by atoms with van der Waals surface area (Å²) in [7, 11) is 1.58. The summed E-state index contributed by atoms with van der Waals surface area (Å²) in [5.74, 6) is 3.13. The van der Waals surface area contributed by atoms with Gasteiger partial charge in [-0.1, -0.05) is 17.5 Å². The van der Waals surface area contributed by atoms with Crippen LogP contribution in [0.4, 0.5) is 5.69 Å². The summed E-state index contributed by atoms with van der Waals surface area (Å²) >= 11 is 5.84. The zero-order chi connectivity index (χ0) is 9.68. The van der Waals surface area contributed by atoms with Crippen LogP contribution in [0.15, 0.2) is 18.2 Å². The van der Waals surface area contributed by atoms with E-state index in [-0.39, 0.29) is 0 Å². The molecule has 3 heteroatoms. The maximum atomic E-state index is 5.84. The first kappa shape index (κ1) is 9.76. The van der Waals surface area contributed by atoms with Gasteiger partial charge in [-0.05, 0) is 12.1 Å². The van der Waals surface area contributed by atoms with Crippen LogP contribution in [0.2, 0.25) is 5.02 Å². The van der Waals surface area contributed by atoms with E-state index < -0.39 is 0 Å². The van der Waals surface area contributed by atoms with Crippen molar-refractivity contribution in [3.8, 4) is 18.1 Å². The highest BCUT2D eigenvalue weighted by atomic mass is 35.5. The van der Waals surface area contributed by atoms with E-state index in [1.54, 1.807) is 19.2 Å². The first-order chi connectivity index (χ1) is 6.27. The molecular formula is C10H10ClNO. The van der Waals surface area contributed by atoms with Gasteiger partial charge in [-0.3, -0.25) is 0 Å². The Bertz CT molecular complexity index is 330. The summed E-state index contributed by atoms with van der Waals surface area (Å²) < 4.78 is 5.04. The fourth-order valence-electron chi connectivity index (χ4n) is 0.923. The molecule has 0 aliphatic carbocycles. The molecule has 0 radical (unpaired) electrons. The van der Waals surface area contributed by atoms with E-state index in [1.165, 1.54) is 0 Å². The number of methoxy groups -OCH3 is 1. The summed E-state index contributed by atoms with van der Waals surface area (Å²) in [6, 6.07) is 5.42. The number of benzene rings is 1. The topological polar surface area (TPSA) is 21.3 Å². The van der Waals surface area contributed by atoms with Crippen molar-refractivity contribution in [3.63, 3.8) is 0 Å². The number of terminal acetylenes is 1. The van der Waals surface area contributed by atoms with Gasteiger partial charge >= 0.3 is 0 Å². The molecule has 0 amide bonds. The molecule has 0 saturated heterocycles. The molecular weight excluding hydrogens is 186 g/mol. The molecule has 0 unspecified atom stereocenters. The number of halogens is 1. The molecule has 1 N–H and O–H groups in total. The van der Waals surface area contributed by atoms with Gasteiger partial charge in [-0.2, -0.15) is 0 Å². The monoisotopic (exact) mass is 195 g/mol. The molecule has 1 rings (SSSR count). The zero-order valence-electron chi connectivity index (χ0n) is 7.30. The Hall–Kier alpha value is -1.33. The van der Waals surface area contributed by atoms with Crippen LogP contribution in [0.3, 0.4) is 0 Å². The molecule has 13 heavy (non-hydrogen) atoms. The highest BCUT2D eigenvalue weighted by Gasteiger charge is 2.00.